The van der Waals surface area contributed by atoms with Crippen LogP contribution in [0.25, 0.3) is 0 Å². The van der Waals surface area contributed by atoms with Crippen LogP contribution in [0.5, 0.6) is 0 Å². The second-order valence-corrected chi connectivity index (χ2v) is 3.76. The number of aromatic nitrogens is 1. The third-order valence-electron chi connectivity index (χ3n) is 2.21. The summed E-state index contributed by atoms with van der Waals surface area (Å²) in [5.74, 6) is 0. The summed E-state index contributed by atoms with van der Waals surface area (Å²) in [5.41, 5.74) is 2.08. The van der Waals surface area contributed by atoms with Gasteiger partial charge in [0.05, 0.1) is 6.20 Å². The molecule has 1 aromatic heterocycles. The molecule has 0 spiro atoms. The Morgan fingerprint density at radius 3 is 2.73 bits per heavy atom. The van der Waals surface area contributed by atoms with E-state index in [2.05, 4.69) is 11.1 Å². The molecule has 1 N–H and O–H groups in total. The van der Waals surface area contributed by atoms with Gasteiger partial charge in [0.15, 0.2) is 11.2 Å². The first-order valence-corrected chi connectivity index (χ1v) is 5.00. The summed E-state index contributed by atoms with van der Waals surface area (Å²) in [6.07, 6.45) is 9.82. The van der Waals surface area contributed by atoms with Gasteiger partial charge in [-0.15, -0.1) is 0 Å². The molecule has 0 saturated carbocycles. The minimum absolute atomic E-state index is 0. The second kappa shape index (κ2) is 5.31. The maximum absolute atomic E-state index is 6.15. The van der Waals surface area contributed by atoms with Crippen molar-refractivity contribution in [3.05, 3.63) is 48.5 Å². The van der Waals surface area contributed by atoms with Crippen molar-refractivity contribution in [2.24, 2.45) is 0 Å². The second-order valence-electron chi connectivity index (χ2n) is 3.29. The van der Waals surface area contributed by atoms with Gasteiger partial charge in [0.25, 0.3) is 0 Å². The van der Waals surface area contributed by atoms with Crippen LogP contribution < -0.4 is 17.3 Å². The van der Waals surface area contributed by atoms with E-state index in [-0.39, 0.29) is 17.9 Å². The molecular weight excluding hydrogens is 231 g/mol. The molecule has 2 rings (SSSR count). The Bertz CT molecular complexity index is 371. The molecule has 2 unspecified atom stereocenters. The first-order chi connectivity index (χ1) is 6.77. The van der Waals surface area contributed by atoms with E-state index in [1.165, 1.54) is 0 Å². The third-order valence-corrected chi connectivity index (χ3v) is 2.59. The van der Waals surface area contributed by atoms with Crippen molar-refractivity contribution >= 4 is 17.3 Å². The van der Waals surface area contributed by atoms with E-state index in [0.717, 1.165) is 16.3 Å². The Balaban J connectivity index is 0.00000112. The molecule has 0 aliphatic carbocycles. The molecule has 1 aliphatic rings. The van der Waals surface area contributed by atoms with Crippen LogP contribution >= 0.6 is 11.6 Å². The number of aryl methyl sites for hydroxylation is 1. The molecule has 1 aliphatic heterocycles. The summed E-state index contributed by atoms with van der Waals surface area (Å²) < 4.78 is 0. The fourth-order valence-corrected chi connectivity index (χ4v) is 1.69. The van der Waals surface area contributed by atoms with Gasteiger partial charge in [0.1, 0.15) is 6.20 Å². The van der Waals surface area contributed by atoms with Crippen LogP contribution in [0.3, 0.4) is 0 Å². The summed E-state index contributed by atoms with van der Waals surface area (Å²) in [6, 6.07) is 4.05. The lowest BCUT2D eigenvalue weighted by Gasteiger charge is -2.18. The molecule has 0 bridgehead atoms. The number of rotatable bonds is 1. The number of nitrogens with one attached hydrogen (secondary N) is 1. The van der Waals surface area contributed by atoms with Gasteiger partial charge >= 0.3 is 0 Å². The highest BCUT2D eigenvalue weighted by atomic mass is 35.5. The van der Waals surface area contributed by atoms with Gasteiger partial charge in [-0.05, 0) is 25.1 Å². The Morgan fingerprint density at radius 2 is 2.13 bits per heavy atom. The zero-order valence-electron chi connectivity index (χ0n) is 8.32. The number of halogens is 2. The first-order valence-electron chi connectivity index (χ1n) is 4.56. The van der Waals surface area contributed by atoms with Crippen LogP contribution in [0.4, 0.5) is 5.69 Å². The fraction of sp³-hybridized carbons (Fsp3) is 0.182. The van der Waals surface area contributed by atoms with Crippen LogP contribution in [-0.2, 0) is 0 Å². The highest BCUT2D eigenvalue weighted by Gasteiger charge is 2.19. The quantitative estimate of drug-likeness (QED) is 0.472. The minimum Gasteiger partial charge on any atom is -1.00 e. The van der Waals surface area contributed by atoms with Gasteiger partial charge in [0, 0.05) is 11.8 Å². The lowest BCUT2D eigenvalue weighted by Crippen LogP contribution is -3.05. The van der Waals surface area contributed by atoms with Crippen molar-refractivity contribution in [2.75, 3.05) is 0 Å². The van der Waals surface area contributed by atoms with E-state index >= 15 is 0 Å². The third kappa shape index (κ3) is 2.81. The summed E-state index contributed by atoms with van der Waals surface area (Å²) in [6.45, 7) is 1.98. The average Bonchev–Trinajstić information content (AvgIpc) is 2.20. The molecule has 2 atom stereocenters. The topological polar surface area (TPSA) is 17.3 Å². The van der Waals surface area contributed by atoms with E-state index in [1.54, 1.807) is 0 Å². The van der Waals surface area contributed by atoms with Crippen molar-refractivity contribution in [3.8, 4) is 0 Å². The number of hydrogen-bond acceptors (Lipinski definition) is 1. The van der Waals surface area contributed by atoms with E-state index in [0.29, 0.717) is 0 Å². The summed E-state index contributed by atoms with van der Waals surface area (Å²) >= 11 is 6.15. The predicted molar refractivity (Wildman–Crippen MR) is 57.5 cm³/mol. The number of hydrogen-bond donors (Lipinski definition) is 1. The molecule has 2 nitrogen and oxygen atoms in total. The number of allylic oxidation sites excluding steroid dienone is 2. The Hall–Kier alpha value is -0.830. The van der Waals surface area contributed by atoms with Crippen LogP contribution in [0.2, 0.25) is 0 Å². The minimum atomic E-state index is -0.0375. The molecule has 80 valence electrons. The molecule has 1 aromatic rings. The number of pyridine rings is 1. The van der Waals surface area contributed by atoms with Crippen LogP contribution in [0.1, 0.15) is 5.69 Å². The Kier molecular flexibility index (Phi) is 4.33. The molecule has 2 heterocycles. The van der Waals surface area contributed by atoms with E-state index < -0.39 is 0 Å². The Labute approximate surface area is 101 Å². The number of nitrogens with zero attached hydrogens (tertiary/aromatic N) is 1. The van der Waals surface area contributed by atoms with Gasteiger partial charge in [-0.25, -0.2) is 0 Å². The zero-order chi connectivity index (χ0) is 9.97. The molecule has 0 radical (unpaired) electrons. The number of quaternary nitrogens is 1. The van der Waals surface area contributed by atoms with Crippen molar-refractivity contribution in [3.63, 3.8) is 0 Å². The first kappa shape index (κ1) is 12.2. The molecule has 4 heteroatoms. The average molecular weight is 243 g/mol. The van der Waals surface area contributed by atoms with E-state index in [1.807, 2.05) is 43.6 Å². The molecule has 15 heavy (non-hydrogen) atoms. The van der Waals surface area contributed by atoms with Crippen molar-refractivity contribution in [2.45, 2.75) is 12.4 Å². The molecule has 0 amide bonds. The molecule has 0 aromatic carbocycles. The SMILES string of the molecule is Cc1ccc([NH+]2C=CC=CC2Cl)cn1.[Cl-]. The van der Waals surface area contributed by atoms with Crippen molar-refractivity contribution < 1.29 is 17.3 Å². The van der Waals surface area contributed by atoms with Gasteiger partial charge in [-0.3, -0.25) is 9.88 Å². The van der Waals surface area contributed by atoms with Crippen molar-refractivity contribution in [1.82, 2.24) is 4.98 Å². The monoisotopic (exact) mass is 242 g/mol. The normalized spacial score (nSPS) is 23.6. The highest BCUT2D eigenvalue weighted by Crippen LogP contribution is 2.04. The maximum Gasteiger partial charge on any atom is 0.191 e. The largest absolute Gasteiger partial charge is 1.00 e. The van der Waals surface area contributed by atoms with E-state index in [9.17, 15) is 0 Å². The van der Waals surface area contributed by atoms with Crippen LogP contribution in [0, 0.1) is 6.92 Å². The van der Waals surface area contributed by atoms with E-state index in [4.69, 9.17) is 11.6 Å². The maximum atomic E-state index is 6.15. The summed E-state index contributed by atoms with van der Waals surface area (Å²) in [7, 11) is 0. The van der Waals surface area contributed by atoms with Gasteiger partial charge in [0.2, 0.25) is 0 Å². The zero-order valence-corrected chi connectivity index (χ0v) is 9.83. The summed E-state index contributed by atoms with van der Waals surface area (Å²) in [5, 5.41) is 0. The fourth-order valence-electron chi connectivity index (χ4n) is 1.41. The van der Waals surface area contributed by atoms with Crippen molar-refractivity contribution in [1.29, 1.82) is 0 Å². The standard InChI is InChI=1S/C11H11ClN2.ClH/c1-9-5-6-10(8-13-9)14-7-3-2-4-11(14)12;/h2-8,11H,1H3;1H. The van der Waals surface area contributed by atoms with Gasteiger partial charge < -0.3 is 12.4 Å². The summed E-state index contributed by atoms with van der Waals surface area (Å²) in [4.78, 5) is 5.36. The van der Waals surface area contributed by atoms with Crippen LogP contribution in [0.15, 0.2) is 42.8 Å². The van der Waals surface area contributed by atoms with Crippen LogP contribution in [-0.4, -0.2) is 10.5 Å². The molecule has 0 saturated heterocycles. The highest BCUT2D eigenvalue weighted by molar-refractivity contribution is 6.20. The van der Waals surface area contributed by atoms with Gasteiger partial charge in [-0.2, -0.15) is 0 Å². The molecular formula is C11H12Cl2N2. The molecule has 0 fully saturated rings. The number of alkyl halides is 1. The predicted octanol–water partition coefficient (Wildman–Crippen LogP) is -1.44. The lowest BCUT2D eigenvalue weighted by atomic mass is 10.3. The Morgan fingerprint density at radius 1 is 1.33 bits per heavy atom. The van der Waals surface area contributed by atoms with Gasteiger partial charge in [-0.1, -0.05) is 17.7 Å². The lowest BCUT2D eigenvalue weighted by molar-refractivity contribution is -0.782. The smallest absolute Gasteiger partial charge is 0.191 e.